The number of nitrogens with zero attached hydrogens (tertiary/aromatic N) is 1. The van der Waals surface area contributed by atoms with Crippen molar-refractivity contribution in [3.8, 4) is 11.1 Å². The Morgan fingerprint density at radius 3 is 2.62 bits per heavy atom. The van der Waals surface area contributed by atoms with Crippen LogP contribution in [-0.2, 0) is 0 Å². The van der Waals surface area contributed by atoms with Crippen LogP contribution in [0.5, 0.6) is 0 Å². The second-order valence-electron chi connectivity index (χ2n) is 6.71. The van der Waals surface area contributed by atoms with Crippen LogP contribution in [0.4, 0.5) is 5.69 Å². The second kappa shape index (κ2) is 5.88. The van der Waals surface area contributed by atoms with Crippen LogP contribution in [0.25, 0.3) is 16.6 Å². The number of hydrogen-bond acceptors (Lipinski definition) is 3. The Bertz CT molecular complexity index is 1130. The summed E-state index contributed by atoms with van der Waals surface area (Å²) in [5, 5.41) is 9.85. The van der Waals surface area contributed by atoms with E-state index >= 15 is 0 Å². The highest BCUT2D eigenvalue weighted by atomic mass is 35.5. The van der Waals surface area contributed by atoms with Crippen molar-refractivity contribution >= 4 is 28.8 Å². The third-order valence-corrected chi connectivity index (χ3v) is 5.30. The number of nitrogen functional groups attached to an aromatic ring is 1. The van der Waals surface area contributed by atoms with Crippen molar-refractivity contribution in [3.63, 3.8) is 0 Å². The van der Waals surface area contributed by atoms with E-state index in [9.17, 15) is 14.7 Å². The van der Waals surface area contributed by atoms with Crippen LogP contribution in [-0.4, -0.2) is 15.5 Å². The first-order chi connectivity index (χ1) is 12.4. The van der Waals surface area contributed by atoms with E-state index in [2.05, 4.69) is 0 Å². The molecule has 0 unspecified atom stereocenters. The number of carboxylic acid groups (broad SMARTS) is 1. The van der Waals surface area contributed by atoms with E-state index in [4.69, 9.17) is 17.3 Å². The molecule has 0 spiro atoms. The number of carbonyl (C=O) groups is 1. The van der Waals surface area contributed by atoms with Crippen molar-refractivity contribution in [2.45, 2.75) is 25.7 Å². The van der Waals surface area contributed by atoms with E-state index in [0.717, 1.165) is 40.6 Å². The molecule has 1 fully saturated rings. The van der Waals surface area contributed by atoms with Crippen LogP contribution in [0.3, 0.4) is 0 Å². The minimum Gasteiger partial charge on any atom is -0.477 e. The molecule has 1 aliphatic rings. The summed E-state index contributed by atoms with van der Waals surface area (Å²) in [6, 6.07) is 8.80. The summed E-state index contributed by atoms with van der Waals surface area (Å²) in [5.74, 6) is -0.897. The van der Waals surface area contributed by atoms with Gasteiger partial charge >= 0.3 is 5.97 Å². The number of benzene rings is 1. The highest BCUT2D eigenvalue weighted by Gasteiger charge is 2.29. The van der Waals surface area contributed by atoms with Gasteiger partial charge in [-0.25, -0.2) is 4.79 Å². The third-order valence-electron chi connectivity index (χ3n) is 4.97. The minimum absolute atomic E-state index is 0.188. The maximum atomic E-state index is 12.6. The predicted octanol–water partition coefficient (Wildman–Crippen LogP) is 4.09. The lowest BCUT2D eigenvalue weighted by Crippen LogP contribution is -2.23. The van der Waals surface area contributed by atoms with Crippen LogP contribution in [0.15, 0.2) is 41.3 Å². The van der Waals surface area contributed by atoms with Crippen LogP contribution in [0.1, 0.15) is 40.2 Å². The van der Waals surface area contributed by atoms with Gasteiger partial charge in [-0.1, -0.05) is 17.7 Å². The van der Waals surface area contributed by atoms with Gasteiger partial charge < -0.3 is 10.8 Å². The standard InChI is InChI=1S/C20H17ClN2O3/c1-10-13(12-4-5-17(22)16(21)8-12)6-7-23-18(10)14(11-2-3-11)9-15(19(23)24)20(25)26/h4-9,11H,2-3,22H2,1H3,(H,25,26). The maximum Gasteiger partial charge on any atom is 0.341 e. The fourth-order valence-corrected chi connectivity index (χ4v) is 3.64. The van der Waals surface area contributed by atoms with Crippen molar-refractivity contribution in [3.05, 3.63) is 68.6 Å². The molecule has 2 aromatic heterocycles. The fraction of sp³-hybridized carbons (Fsp3) is 0.200. The molecule has 4 rings (SSSR count). The summed E-state index contributed by atoms with van der Waals surface area (Å²) in [6.45, 7) is 1.95. The molecule has 1 aliphatic carbocycles. The van der Waals surface area contributed by atoms with E-state index in [1.807, 2.05) is 19.1 Å². The molecule has 1 aromatic carbocycles. The number of anilines is 1. The molecule has 0 atom stereocenters. The van der Waals surface area contributed by atoms with Gasteiger partial charge in [-0.15, -0.1) is 0 Å². The number of halogens is 1. The van der Waals surface area contributed by atoms with Gasteiger partial charge in [-0.05, 0) is 72.2 Å². The van der Waals surface area contributed by atoms with Gasteiger partial charge in [-0.3, -0.25) is 9.20 Å². The molecule has 1 saturated carbocycles. The van der Waals surface area contributed by atoms with Crippen LogP contribution in [0, 0.1) is 6.92 Å². The van der Waals surface area contributed by atoms with E-state index in [1.54, 1.807) is 24.4 Å². The average Bonchev–Trinajstić information content (AvgIpc) is 3.43. The third kappa shape index (κ3) is 2.56. The molecule has 0 bridgehead atoms. The Kier molecular flexibility index (Phi) is 3.77. The smallest absolute Gasteiger partial charge is 0.341 e. The van der Waals surface area contributed by atoms with Crippen molar-refractivity contribution in [2.75, 3.05) is 5.73 Å². The Balaban J connectivity index is 2.05. The number of aromatic nitrogens is 1. The molecule has 132 valence electrons. The fourth-order valence-electron chi connectivity index (χ4n) is 3.46. The number of rotatable bonds is 3. The number of aryl methyl sites for hydroxylation is 1. The number of hydrogen-bond donors (Lipinski definition) is 2. The topological polar surface area (TPSA) is 84.8 Å². The highest BCUT2D eigenvalue weighted by molar-refractivity contribution is 6.33. The van der Waals surface area contributed by atoms with Crippen LogP contribution >= 0.6 is 11.6 Å². The van der Waals surface area contributed by atoms with Crippen molar-refractivity contribution < 1.29 is 9.90 Å². The Labute approximate surface area is 154 Å². The van der Waals surface area contributed by atoms with E-state index in [-0.39, 0.29) is 5.56 Å². The quantitative estimate of drug-likeness (QED) is 0.682. The lowest BCUT2D eigenvalue weighted by Gasteiger charge is -2.15. The zero-order valence-corrected chi connectivity index (χ0v) is 14.9. The number of aromatic carboxylic acids is 1. The van der Waals surface area contributed by atoms with Crippen molar-refractivity contribution in [1.82, 2.24) is 4.40 Å². The summed E-state index contributed by atoms with van der Waals surface area (Å²) < 4.78 is 1.45. The van der Waals surface area contributed by atoms with E-state index in [0.29, 0.717) is 16.6 Å². The summed E-state index contributed by atoms with van der Waals surface area (Å²) in [6.07, 6.45) is 3.65. The Hall–Kier alpha value is -2.79. The number of fused-ring (bicyclic) bond motifs is 1. The molecule has 3 N–H and O–H groups in total. The number of nitrogens with two attached hydrogens (primary N) is 1. The Morgan fingerprint density at radius 1 is 1.27 bits per heavy atom. The SMILES string of the molecule is Cc1c(-c2ccc(N)c(Cl)c2)ccn2c(=O)c(C(=O)O)cc(C3CC3)c12. The number of pyridine rings is 2. The maximum absolute atomic E-state index is 12.6. The molecule has 0 aliphatic heterocycles. The largest absolute Gasteiger partial charge is 0.477 e. The van der Waals surface area contributed by atoms with Gasteiger partial charge in [0.1, 0.15) is 5.56 Å². The first-order valence-corrected chi connectivity index (χ1v) is 8.74. The molecular formula is C20H17ClN2O3. The summed E-state index contributed by atoms with van der Waals surface area (Å²) in [4.78, 5) is 24.1. The zero-order chi connectivity index (χ0) is 18.6. The number of carboxylic acids is 1. The molecule has 6 heteroatoms. The Morgan fingerprint density at radius 2 is 2.00 bits per heavy atom. The minimum atomic E-state index is -1.20. The second-order valence-corrected chi connectivity index (χ2v) is 7.11. The molecule has 2 heterocycles. The summed E-state index contributed by atoms with van der Waals surface area (Å²) >= 11 is 6.16. The first-order valence-electron chi connectivity index (χ1n) is 8.36. The molecule has 0 radical (unpaired) electrons. The lowest BCUT2D eigenvalue weighted by atomic mass is 9.96. The first kappa shape index (κ1) is 16.7. The molecule has 5 nitrogen and oxygen atoms in total. The lowest BCUT2D eigenvalue weighted by molar-refractivity contribution is 0.0694. The summed E-state index contributed by atoms with van der Waals surface area (Å²) in [5.41, 5.74) is 10.1. The van der Waals surface area contributed by atoms with Gasteiger partial charge in [0, 0.05) is 6.20 Å². The predicted molar refractivity (Wildman–Crippen MR) is 102 cm³/mol. The van der Waals surface area contributed by atoms with Crippen LogP contribution in [0.2, 0.25) is 5.02 Å². The van der Waals surface area contributed by atoms with Gasteiger partial charge in [0.05, 0.1) is 16.2 Å². The molecule has 0 amide bonds. The van der Waals surface area contributed by atoms with Gasteiger partial charge in [0.15, 0.2) is 0 Å². The van der Waals surface area contributed by atoms with Gasteiger partial charge in [0.2, 0.25) is 0 Å². The highest BCUT2D eigenvalue weighted by Crippen LogP contribution is 2.43. The molecule has 26 heavy (non-hydrogen) atoms. The van der Waals surface area contributed by atoms with Crippen molar-refractivity contribution in [2.24, 2.45) is 0 Å². The normalized spacial score (nSPS) is 13.9. The van der Waals surface area contributed by atoms with Crippen molar-refractivity contribution in [1.29, 1.82) is 0 Å². The van der Waals surface area contributed by atoms with E-state index < -0.39 is 11.5 Å². The van der Waals surface area contributed by atoms with E-state index in [1.165, 1.54) is 4.40 Å². The molecule has 3 aromatic rings. The van der Waals surface area contributed by atoms with Gasteiger partial charge in [-0.2, -0.15) is 0 Å². The van der Waals surface area contributed by atoms with Gasteiger partial charge in [0.25, 0.3) is 5.56 Å². The molecular weight excluding hydrogens is 352 g/mol. The molecule has 0 saturated heterocycles. The summed E-state index contributed by atoms with van der Waals surface area (Å²) in [7, 11) is 0. The average molecular weight is 369 g/mol. The zero-order valence-electron chi connectivity index (χ0n) is 14.1. The van der Waals surface area contributed by atoms with Crippen LogP contribution < -0.4 is 11.3 Å². The monoisotopic (exact) mass is 368 g/mol.